The Bertz CT molecular complexity index is 701. The summed E-state index contributed by atoms with van der Waals surface area (Å²) in [7, 11) is 0. The molecule has 0 aromatic rings. The summed E-state index contributed by atoms with van der Waals surface area (Å²) < 4.78 is 5.74. The maximum absolute atomic E-state index is 12.4. The molecule has 4 heteroatoms. The van der Waals surface area contributed by atoms with Crippen LogP contribution < -0.4 is 0 Å². The third kappa shape index (κ3) is 2.69. The topological polar surface area (TPSA) is 63.6 Å². The fourth-order valence-electron chi connectivity index (χ4n) is 5.69. The van der Waals surface area contributed by atoms with Crippen LogP contribution in [0, 0.1) is 23.2 Å². The highest BCUT2D eigenvalue weighted by molar-refractivity contribution is 5.99. The zero-order valence-electron chi connectivity index (χ0n) is 16.9. The van der Waals surface area contributed by atoms with Gasteiger partial charge in [-0.15, -0.1) is 0 Å². The van der Waals surface area contributed by atoms with E-state index in [0.717, 1.165) is 11.1 Å². The third-order valence-electron chi connectivity index (χ3n) is 7.45. The van der Waals surface area contributed by atoms with Crippen LogP contribution >= 0.6 is 0 Å². The number of allylic oxidation sites excluding steroid dienone is 3. The van der Waals surface area contributed by atoms with Crippen molar-refractivity contribution in [3.8, 4) is 0 Å². The molecule has 5 unspecified atom stereocenters. The molecular weight excluding hydrogens is 328 g/mol. The van der Waals surface area contributed by atoms with E-state index >= 15 is 0 Å². The van der Waals surface area contributed by atoms with Crippen LogP contribution in [-0.4, -0.2) is 28.6 Å². The number of aliphatic hydroxyl groups is 1. The van der Waals surface area contributed by atoms with E-state index in [4.69, 9.17) is 4.74 Å². The Hall–Kier alpha value is -1.42. The third-order valence-corrected chi connectivity index (χ3v) is 7.45. The van der Waals surface area contributed by atoms with Crippen molar-refractivity contribution in [2.24, 2.45) is 23.2 Å². The van der Waals surface area contributed by atoms with Crippen LogP contribution in [0.4, 0.5) is 0 Å². The number of carbonyl (C=O) groups excluding carboxylic acids is 2. The standard InChI is InChI=1S/C22H32O4/c1-12(2)18-10-20(26-15(5)23)21(6)11-17-14(4)19(24)9-16(17)13(3)7-8-22(18,21)25/h7,12,16,18,20,25H,8-11H2,1-6H3. The SMILES string of the molecule is CC(=O)OC1CC(C(C)C)C2(O)CC=C(C)C3CC(=O)C(C)=C3CC12C. The first-order valence-electron chi connectivity index (χ1n) is 9.80. The molecule has 144 valence electrons. The van der Waals surface area contributed by atoms with Gasteiger partial charge in [-0.25, -0.2) is 0 Å². The first-order valence-corrected chi connectivity index (χ1v) is 9.80. The van der Waals surface area contributed by atoms with Crippen molar-refractivity contribution in [3.63, 3.8) is 0 Å². The lowest BCUT2D eigenvalue weighted by Gasteiger charge is -2.47. The molecule has 26 heavy (non-hydrogen) atoms. The van der Waals surface area contributed by atoms with Gasteiger partial charge in [0.1, 0.15) is 6.10 Å². The number of hydrogen-bond donors (Lipinski definition) is 1. The quantitative estimate of drug-likeness (QED) is 0.598. The normalized spacial score (nSPS) is 40.1. The molecule has 3 aliphatic carbocycles. The van der Waals surface area contributed by atoms with Crippen molar-refractivity contribution in [2.45, 2.75) is 78.9 Å². The zero-order chi connectivity index (χ0) is 19.4. The van der Waals surface area contributed by atoms with Gasteiger partial charge in [0, 0.05) is 24.7 Å². The van der Waals surface area contributed by atoms with Gasteiger partial charge < -0.3 is 9.84 Å². The number of rotatable bonds is 2. The summed E-state index contributed by atoms with van der Waals surface area (Å²) in [5.74, 6) is 0.371. The number of Topliss-reactive ketones (excluding diaryl/α,β-unsaturated/α-hetero) is 1. The van der Waals surface area contributed by atoms with Gasteiger partial charge in [0.15, 0.2) is 5.78 Å². The van der Waals surface area contributed by atoms with Crippen LogP contribution in [0.15, 0.2) is 22.8 Å². The van der Waals surface area contributed by atoms with E-state index in [-0.39, 0.29) is 35.6 Å². The summed E-state index contributed by atoms with van der Waals surface area (Å²) in [6.07, 6.45) is 4.15. The van der Waals surface area contributed by atoms with Crippen LogP contribution in [0.25, 0.3) is 0 Å². The molecule has 0 aromatic carbocycles. The van der Waals surface area contributed by atoms with Crippen molar-refractivity contribution in [2.75, 3.05) is 0 Å². The molecule has 1 fully saturated rings. The van der Waals surface area contributed by atoms with Crippen molar-refractivity contribution >= 4 is 11.8 Å². The number of esters is 1. The Morgan fingerprint density at radius 3 is 2.58 bits per heavy atom. The van der Waals surface area contributed by atoms with Gasteiger partial charge in [0.25, 0.3) is 0 Å². The maximum atomic E-state index is 12.4. The van der Waals surface area contributed by atoms with Crippen molar-refractivity contribution < 1.29 is 19.4 Å². The molecule has 5 atom stereocenters. The van der Waals surface area contributed by atoms with E-state index < -0.39 is 11.0 Å². The highest BCUT2D eigenvalue weighted by Crippen LogP contribution is 2.60. The molecule has 0 heterocycles. The number of fused-ring (bicyclic) bond motifs is 2. The van der Waals surface area contributed by atoms with Gasteiger partial charge in [-0.05, 0) is 50.5 Å². The summed E-state index contributed by atoms with van der Waals surface area (Å²) >= 11 is 0. The van der Waals surface area contributed by atoms with E-state index in [1.54, 1.807) is 0 Å². The Kier molecular flexibility index (Phi) is 4.71. The molecule has 0 aliphatic heterocycles. The summed E-state index contributed by atoms with van der Waals surface area (Å²) in [6, 6.07) is 0. The average Bonchev–Trinajstić information content (AvgIpc) is 2.92. The maximum Gasteiger partial charge on any atom is 0.302 e. The fourth-order valence-corrected chi connectivity index (χ4v) is 5.69. The number of ether oxygens (including phenoxy) is 1. The van der Waals surface area contributed by atoms with E-state index in [1.165, 1.54) is 12.5 Å². The molecule has 3 aliphatic rings. The lowest BCUT2D eigenvalue weighted by atomic mass is 9.62. The molecule has 0 saturated heterocycles. The first kappa shape index (κ1) is 19.3. The van der Waals surface area contributed by atoms with E-state index in [1.807, 2.05) is 6.92 Å². The van der Waals surface area contributed by atoms with Crippen LogP contribution in [-0.2, 0) is 14.3 Å². The van der Waals surface area contributed by atoms with Gasteiger partial charge in [0.2, 0.25) is 0 Å². The lowest BCUT2D eigenvalue weighted by Crippen LogP contribution is -2.52. The van der Waals surface area contributed by atoms with Gasteiger partial charge in [-0.2, -0.15) is 0 Å². The summed E-state index contributed by atoms with van der Waals surface area (Å²) in [6.45, 7) is 11.7. The lowest BCUT2D eigenvalue weighted by molar-refractivity contribution is -0.161. The van der Waals surface area contributed by atoms with Crippen LogP contribution in [0.5, 0.6) is 0 Å². The van der Waals surface area contributed by atoms with Crippen LogP contribution in [0.3, 0.4) is 0 Å². The minimum absolute atomic E-state index is 0.0514. The molecule has 0 radical (unpaired) electrons. The summed E-state index contributed by atoms with van der Waals surface area (Å²) in [4.78, 5) is 24.2. The Morgan fingerprint density at radius 2 is 2.00 bits per heavy atom. The Morgan fingerprint density at radius 1 is 1.35 bits per heavy atom. The monoisotopic (exact) mass is 360 g/mol. The molecular formula is C22H32O4. The number of ketones is 1. The predicted molar refractivity (Wildman–Crippen MR) is 100 cm³/mol. The molecule has 0 aromatic heterocycles. The zero-order valence-corrected chi connectivity index (χ0v) is 16.9. The minimum Gasteiger partial charge on any atom is -0.462 e. The van der Waals surface area contributed by atoms with E-state index in [0.29, 0.717) is 25.7 Å². The van der Waals surface area contributed by atoms with E-state index in [2.05, 4.69) is 33.8 Å². The molecule has 0 spiro atoms. The molecule has 1 saturated carbocycles. The highest BCUT2D eigenvalue weighted by atomic mass is 16.5. The molecule has 0 bridgehead atoms. The van der Waals surface area contributed by atoms with Gasteiger partial charge >= 0.3 is 5.97 Å². The number of hydrogen-bond acceptors (Lipinski definition) is 4. The Balaban J connectivity index is 2.15. The second-order valence-corrected chi connectivity index (χ2v) is 9.19. The van der Waals surface area contributed by atoms with Gasteiger partial charge in [0.05, 0.1) is 5.60 Å². The van der Waals surface area contributed by atoms with Crippen molar-refractivity contribution in [1.29, 1.82) is 0 Å². The van der Waals surface area contributed by atoms with Gasteiger partial charge in [-0.1, -0.05) is 38.0 Å². The highest BCUT2D eigenvalue weighted by Gasteiger charge is 2.64. The van der Waals surface area contributed by atoms with E-state index in [9.17, 15) is 14.7 Å². The van der Waals surface area contributed by atoms with Crippen molar-refractivity contribution in [1.82, 2.24) is 0 Å². The smallest absolute Gasteiger partial charge is 0.302 e. The molecule has 0 amide bonds. The predicted octanol–water partition coefficient (Wildman–Crippen LogP) is 3.98. The minimum atomic E-state index is -0.952. The van der Waals surface area contributed by atoms with Crippen LogP contribution in [0.1, 0.15) is 67.2 Å². The van der Waals surface area contributed by atoms with Crippen LogP contribution in [0.2, 0.25) is 0 Å². The average molecular weight is 360 g/mol. The largest absolute Gasteiger partial charge is 0.462 e. The molecule has 1 N–H and O–H groups in total. The van der Waals surface area contributed by atoms with Crippen molar-refractivity contribution in [3.05, 3.63) is 22.8 Å². The molecule has 3 rings (SSSR count). The fraction of sp³-hybridized carbons (Fsp3) is 0.727. The second-order valence-electron chi connectivity index (χ2n) is 9.19. The Labute approximate surface area is 156 Å². The summed E-state index contributed by atoms with van der Waals surface area (Å²) in [5.41, 5.74) is 1.60. The number of carbonyl (C=O) groups is 2. The van der Waals surface area contributed by atoms with Gasteiger partial charge in [-0.3, -0.25) is 9.59 Å². The first-order chi connectivity index (χ1) is 12.0. The summed E-state index contributed by atoms with van der Waals surface area (Å²) in [5, 5.41) is 11.9. The second kappa shape index (κ2) is 6.33. The molecule has 4 nitrogen and oxygen atoms in total.